The van der Waals surface area contributed by atoms with Gasteiger partial charge in [0.2, 0.25) is 5.91 Å². The van der Waals surface area contributed by atoms with Gasteiger partial charge >= 0.3 is 0 Å². The summed E-state index contributed by atoms with van der Waals surface area (Å²) in [4.78, 5) is 13.0. The number of benzene rings is 1. The zero-order chi connectivity index (χ0) is 14.4. The Morgan fingerprint density at radius 2 is 2.16 bits per heavy atom. The van der Waals surface area contributed by atoms with Gasteiger partial charge < -0.3 is 20.1 Å². The van der Waals surface area contributed by atoms with Crippen LogP contribution in [0.3, 0.4) is 0 Å². The van der Waals surface area contributed by atoms with Gasteiger partial charge in [0.05, 0.1) is 11.6 Å². The zero-order valence-electron chi connectivity index (χ0n) is 11.4. The van der Waals surface area contributed by atoms with Gasteiger partial charge in [-0.15, -0.1) is 0 Å². The third-order valence-corrected chi connectivity index (χ3v) is 3.26. The van der Waals surface area contributed by atoms with E-state index in [1.54, 1.807) is 25.1 Å². The van der Waals surface area contributed by atoms with Crippen LogP contribution >= 0.6 is 15.9 Å². The topological polar surface area (TPSA) is 61.8 Å². The normalized spacial score (nSPS) is 10.3. The van der Waals surface area contributed by atoms with Gasteiger partial charge in [0.15, 0.2) is 11.5 Å². The minimum Gasteiger partial charge on any atom is -0.503 e. The van der Waals surface area contributed by atoms with E-state index in [0.717, 1.165) is 5.56 Å². The summed E-state index contributed by atoms with van der Waals surface area (Å²) in [5.74, 6) is 0.613. The lowest BCUT2D eigenvalue weighted by Crippen LogP contribution is -2.26. The lowest BCUT2D eigenvalue weighted by atomic mass is 10.2. The lowest BCUT2D eigenvalue weighted by Gasteiger charge is -2.11. The van der Waals surface area contributed by atoms with Gasteiger partial charge in [-0.05, 0) is 33.6 Å². The average Bonchev–Trinajstić information content (AvgIpc) is 2.37. The van der Waals surface area contributed by atoms with E-state index >= 15 is 0 Å². The molecule has 0 bridgehead atoms. The first kappa shape index (κ1) is 15.8. The Morgan fingerprint density at radius 1 is 1.47 bits per heavy atom. The molecule has 19 heavy (non-hydrogen) atoms. The Hall–Kier alpha value is -1.27. The molecule has 0 aliphatic carbocycles. The van der Waals surface area contributed by atoms with Crippen LogP contribution < -0.4 is 10.1 Å². The van der Waals surface area contributed by atoms with Crippen molar-refractivity contribution in [3.8, 4) is 11.5 Å². The number of carbonyl (C=O) groups excluding carboxylic acids is 1. The molecule has 0 radical (unpaired) electrons. The number of halogens is 1. The molecular weight excluding hydrogens is 312 g/mol. The predicted molar refractivity (Wildman–Crippen MR) is 77.4 cm³/mol. The highest BCUT2D eigenvalue weighted by molar-refractivity contribution is 9.10. The molecule has 0 aliphatic rings. The molecule has 1 aromatic rings. The molecule has 5 nitrogen and oxygen atoms in total. The Bertz CT molecular complexity index is 450. The third kappa shape index (κ3) is 4.72. The highest BCUT2D eigenvalue weighted by Gasteiger charge is 2.08. The number of nitrogens with one attached hydrogen (secondary N) is 1. The van der Waals surface area contributed by atoms with Crippen LogP contribution in [0, 0.1) is 0 Å². The fourth-order valence-corrected chi connectivity index (χ4v) is 2.03. The fourth-order valence-electron chi connectivity index (χ4n) is 1.54. The van der Waals surface area contributed by atoms with E-state index in [9.17, 15) is 9.90 Å². The van der Waals surface area contributed by atoms with Gasteiger partial charge in [-0.3, -0.25) is 4.79 Å². The van der Waals surface area contributed by atoms with Crippen molar-refractivity contribution in [3.63, 3.8) is 0 Å². The van der Waals surface area contributed by atoms with Crippen LogP contribution in [0.25, 0.3) is 0 Å². The van der Waals surface area contributed by atoms with Gasteiger partial charge in [0.25, 0.3) is 0 Å². The molecule has 0 aromatic heterocycles. The van der Waals surface area contributed by atoms with Crippen molar-refractivity contribution in [2.24, 2.45) is 0 Å². The van der Waals surface area contributed by atoms with E-state index in [1.807, 2.05) is 6.07 Å². The summed E-state index contributed by atoms with van der Waals surface area (Å²) >= 11 is 3.27. The Labute approximate surface area is 121 Å². The van der Waals surface area contributed by atoms with E-state index in [0.29, 0.717) is 29.7 Å². The fraction of sp³-hybridized carbons (Fsp3) is 0.462. The molecule has 0 saturated carbocycles. The van der Waals surface area contributed by atoms with Crippen molar-refractivity contribution in [1.82, 2.24) is 10.2 Å². The van der Waals surface area contributed by atoms with Crippen molar-refractivity contribution in [3.05, 3.63) is 22.2 Å². The van der Waals surface area contributed by atoms with Crippen molar-refractivity contribution >= 4 is 21.8 Å². The molecule has 1 rings (SSSR count). The first-order chi connectivity index (χ1) is 8.95. The molecule has 2 N–H and O–H groups in total. The quantitative estimate of drug-likeness (QED) is 0.780. The first-order valence-corrected chi connectivity index (χ1v) is 6.71. The van der Waals surface area contributed by atoms with Crippen molar-refractivity contribution < 1.29 is 14.6 Å². The largest absolute Gasteiger partial charge is 0.503 e. The van der Waals surface area contributed by atoms with Crippen molar-refractivity contribution in [2.45, 2.75) is 13.0 Å². The average molecular weight is 331 g/mol. The molecule has 0 spiro atoms. The maximum absolute atomic E-state index is 11.4. The number of phenolic OH excluding ortho intramolecular Hbond substituents is 1. The van der Waals surface area contributed by atoms with E-state index in [1.165, 1.54) is 7.11 Å². The Morgan fingerprint density at radius 3 is 2.74 bits per heavy atom. The summed E-state index contributed by atoms with van der Waals surface area (Å²) in [7, 11) is 4.99. The van der Waals surface area contributed by atoms with Gasteiger partial charge in [0.1, 0.15) is 0 Å². The summed E-state index contributed by atoms with van der Waals surface area (Å²) in [5.41, 5.74) is 0.971. The van der Waals surface area contributed by atoms with Crippen LogP contribution in [0.1, 0.15) is 12.0 Å². The number of methoxy groups -OCH3 is 1. The number of aromatic hydroxyl groups is 1. The molecule has 106 valence electrons. The number of ether oxygens (including phenoxy) is 1. The Balaban J connectivity index is 2.50. The predicted octanol–water partition coefficient (Wildman–Crippen LogP) is 1.73. The second-order valence-electron chi connectivity index (χ2n) is 4.34. The maximum Gasteiger partial charge on any atom is 0.223 e. The number of phenols is 1. The molecule has 6 heteroatoms. The van der Waals surface area contributed by atoms with Crippen LogP contribution in [0.5, 0.6) is 11.5 Å². The summed E-state index contributed by atoms with van der Waals surface area (Å²) in [5, 5.41) is 12.9. The number of carbonyl (C=O) groups is 1. The van der Waals surface area contributed by atoms with E-state index in [2.05, 4.69) is 21.2 Å². The van der Waals surface area contributed by atoms with Crippen LogP contribution in [0.2, 0.25) is 0 Å². The molecule has 0 saturated heterocycles. The van der Waals surface area contributed by atoms with Crippen LogP contribution in [-0.4, -0.2) is 43.7 Å². The Kier molecular flexibility index (Phi) is 6.11. The third-order valence-electron chi connectivity index (χ3n) is 2.65. The number of hydrogen-bond acceptors (Lipinski definition) is 4. The highest BCUT2D eigenvalue weighted by Crippen LogP contribution is 2.35. The monoisotopic (exact) mass is 330 g/mol. The summed E-state index contributed by atoms with van der Waals surface area (Å²) < 4.78 is 5.66. The number of rotatable bonds is 6. The zero-order valence-corrected chi connectivity index (χ0v) is 13.0. The van der Waals surface area contributed by atoms with E-state index in [4.69, 9.17) is 4.74 Å². The molecule has 1 amide bonds. The molecule has 0 aliphatic heterocycles. The first-order valence-electron chi connectivity index (χ1n) is 5.92. The molecule has 0 heterocycles. The summed E-state index contributed by atoms with van der Waals surface area (Å²) in [6.45, 7) is 1.22. The van der Waals surface area contributed by atoms with Gasteiger partial charge in [0, 0.05) is 33.6 Å². The summed E-state index contributed by atoms with van der Waals surface area (Å²) in [6.07, 6.45) is 0.462. The van der Waals surface area contributed by atoms with Gasteiger partial charge in [-0.1, -0.05) is 0 Å². The van der Waals surface area contributed by atoms with Crippen molar-refractivity contribution in [1.29, 1.82) is 0 Å². The molecule has 0 unspecified atom stereocenters. The van der Waals surface area contributed by atoms with Crippen LogP contribution in [0.15, 0.2) is 16.6 Å². The minimum absolute atomic E-state index is 0.0917. The second-order valence-corrected chi connectivity index (χ2v) is 5.20. The smallest absolute Gasteiger partial charge is 0.223 e. The van der Waals surface area contributed by atoms with Gasteiger partial charge in [-0.25, -0.2) is 0 Å². The van der Waals surface area contributed by atoms with E-state index in [-0.39, 0.29) is 11.7 Å². The SMILES string of the molecule is COc1cc(CNCCC(=O)N(C)C)cc(Br)c1O. The highest BCUT2D eigenvalue weighted by atomic mass is 79.9. The maximum atomic E-state index is 11.4. The lowest BCUT2D eigenvalue weighted by molar-refractivity contribution is -0.128. The van der Waals surface area contributed by atoms with Gasteiger partial charge in [-0.2, -0.15) is 0 Å². The summed E-state index contributed by atoms with van der Waals surface area (Å²) in [6, 6.07) is 3.58. The molecule has 0 atom stereocenters. The number of amides is 1. The standard InChI is InChI=1S/C13H19BrN2O3/c1-16(2)12(17)4-5-15-8-9-6-10(14)13(18)11(7-9)19-3/h6-7,15,18H,4-5,8H2,1-3H3. The van der Waals surface area contributed by atoms with Crippen LogP contribution in [0.4, 0.5) is 0 Å². The molecule has 1 aromatic carbocycles. The molecule has 0 fully saturated rings. The number of nitrogens with zero attached hydrogens (tertiary/aromatic N) is 1. The molecular formula is C13H19BrN2O3. The van der Waals surface area contributed by atoms with Crippen molar-refractivity contribution in [2.75, 3.05) is 27.7 Å². The number of hydrogen-bond donors (Lipinski definition) is 2. The van der Waals surface area contributed by atoms with E-state index < -0.39 is 0 Å². The second kappa shape index (κ2) is 7.35. The minimum atomic E-state index is 0.0917. The van der Waals surface area contributed by atoms with Crippen LogP contribution in [-0.2, 0) is 11.3 Å².